The van der Waals surface area contributed by atoms with Gasteiger partial charge in [0.15, 0.2) is 0 Å². The molecule has 0 amide bonds. The van der Waals surface area contributed by atoms with Gasteiger partial charge in [0.2, 0.25) is 0 Å². The Morgan fingerprint density at radius 1 is 1.00 bits per heavy atom. The molecule has 2 aliphatic rings. The minimum absolute atomic E-state index is 0.319. The summed E-state index contributed by atoms with van der Waals surface area (Å²) in [5.41, 5.74) is 3.92. The van der Waals surface area contributed by atoms with Gasteiger partial charge >= 0.3 is 0 Å². The van der Waals surface area contributed by atoms with Gasteiger partial charge < -0.3 is 9.59 Å². The van der Waals surface area contributed by atoms with Crippen molar-refractivity contribution < 1.29 is 9.59 Å². The van der Waals surface area contributed by atoms with E-state index in [9.17, 15) is 5.11 Å². The highest BCUT2D eigenvalue weighted by Crippen LogP contribution is 2.47. The first-order valence-electron chi connectivity index (χ1n) is 11.8. The first kappa shape index (κ1) is 20.9. The predicted molar refractivity (Wildman–Crippen MR) is 127 cm³/mol. The fourth-order valence-corrected chi connectivity index (χ4v) is 5.76. The third-order valence-corrected chi connectivity index (χ3v) is 7.30. The van der Waals surface area contributed by atoms with Gasteiger partial charge in [-0.25, -0.2) is 0 Å². The fraction of sp³-hybridized carbons (Fsp3) is 0.345. The SMILES string of the molecule is CCC[N+]1(CC#CCC2([O-])c3ccccc3-c3ccccc32)CCC(c2cccnc2)C1. The number of hydrogen-bond donors (Lipinski definition) is 0. The zero-order valence-corrected chi connectivity index (χ0v) is 18.8. The Bertz CT molecular complexity index is 1110. The standard InChI is InChI=1S/C29H30N2O/c1-2-18-31(20-15-24(22-31)23-10-9-17-30-21-23)19-8-7-16-29(32)27-13-5-3-11-25(27)26-12-4-6-14-28(26)29/h3-6,9-14,17,21,24H,2,15-16,18-20,22H2,1H3. The highest BCUT2D eigenvalue weighted by Gasteiger charge is 2.38. The number of rotatable bonds is 5. The molecule has 0 spiro atoms. The third-order valence-electron chi connectivity index (χ3n) is 7.30. The molecule has 32 heavy (non-hydrogen) atoms. The summed E-state index contributed by atoms with van der Waals surface area (Å²) in [5.74, 6) is 7.32. The molecule has 1 saturated heterocycles. The van der Waals surface area contributed by atoms with Crippen LogP contribution in [0.5, 0.6) is 0 Å². The van der Waals surface area contributed by atoms with Crippen LogP contribution in [0.1, 0.15) is 48.8 Å². The molecule has 3 nitrogen and oxygen atoms in total. The van der Waals surface area contributed by atoms with Crippen molar-refractivity contribution in [3.05, 3.63) is 89.7 Å². The molecular weight excluding hydrogens is 392 g/mol. The average Bonchev–Trinajstić information content (AvgIpc) is 3.37. The van der Waals surface area contributed by atoms with Crippen LogP contribution < -0.4 is 5.11 Å². The van der Waals surface area contributed by atoms with Gasteiger partial charge in [-0.3, -0.25) is 4.98 Å². The van der Waals surface area contributed by atoms with Gasteiger partial charge in [0.05, 0.1) is 19.6 Å². The van der Waals surface area contributed by atoms with Crippen molar-refractivity contribution in [2.24, 2.45) is 0 Å². The molecule has 1 aromatic heterocycles. The summed E-state index contributed by atoms with van der Waals surface area (Å²) in [6, 6.07) is 20.3. The van der Waals surface area contributed by atoms with Gasteiger partial charge in [-0.2, -0.15) is 0 Å². The Balaban J connectivity index is 1.35. The number of benzene rings is 2. The van der Waals surface area contributed by atoms with Crippen molar-refractivity contribution >= 4 is 0 Å². The van der Waals surface area contributed by atoms with Gasteiger partial charge in [0.25, 0.3) is 0 Å². The van der Waals surface area contributed by atoms with Gasteiger partial charge in [0, 0.05) is 31.2 Å². The maximum Gasteiger partial charge on any atom is 0.140 e. The first-order valence-corrected chi connectivity index (χ1v) is 11.8. The topological polar surface area (TPSA) is 36.0 Å². The second-order valence-electron chi connectivity index (χ2n) is 9.35. The molecule has 3 aromatic rings. The second-order valence-corrected chi connectivity index (χ2v) is 9.35. The summed E-state index contributed by atoms with van der Waals surface area (Å²) >= 11 is 0. The lowest BCUT2D eigenvalue weighted by molar-refractivity contribution is -0.910. The van der Waals surface area contributed by atoms with E-state index in [0.29, 0.717) is 12.3 Å². The van der Waals surface area contributed by atoms with Gasteiger partial charge in [-0.1, -0.05) is 67.4 Å². The van der Waals surface area contributed by atoms with E-state index in [1.807, 2.05) is 54.9 Å². The molecule has 0 radical (unpaired) electrons. The Morgan fingerprint density at radius 2 is 1.72 bits per heavy atom. The number of quaternary nitrogens is 1. The van der Waals surface area contributed by atoms with Crippen LogP contribution in [0.15, 0.2) is 73.1 Å². The molecule has 2 unspecified atom stereocenters. The summed E-state index contributed by atoms with van der Waals surface area (Å²) in [6.45, 7) is 6.48. The van der Waals surface area contributed by atoms with Crippen LogP contribution in [-0.2, 0) is 5.60 Å². The monoisotopic (exact) mass is 422 g/mol. The quantitative estimate of drug-likeness (QED) is 0.449. The summed E-state index contributed by atoms with van der Waals surface area (Å²) in [4.78, 5) is 4.32. The van der Waals surface area contributed by atoms with E-state index in [-0.39, 0.29) is 0 Å². The second kappa shape index (κ2) is 8.54. The molecule has 2 aromatic carbocycles. The van der Waals surface area contributed by atoms with Gasteiger partial charge in [-0.05, 0) is 51.8 Å². The molecule has 1 fully saturated rings. The van der Waals surface area contributed by atoms with Crippen molar-refractivity contribution in [1.82, 2.24) is 4.98 Å². The summed E-state index contributed by atoms with van der Waals surface area (Å²) < 4.78 is 1.03. The zero-order chi connectivity index (χ0) is 22.0. The Hall–Kier alpha value is -2.93. The van der Waals surface area contributed by atoms with Crippen LogP contribution in [0, 0.1) is 11.8 Å². The highest BCUT2D eigenvalue weighted by molar-refractivity contribution is 5.79. The normalized spacial score (nSPS) is 22.6. The summed E-state index contributed by atoms with van der Waals surface area (Å²) in [6.07, 6.45) is 6.50. The summed E-state index contributed by atoms with van der Waals surface area (Å²) in [7, 11) is 0. The van der Waals surface area contributed by atoms with Crippen molar-refractivity contribution in [3.63, 3.8) is 0 Å². The molecule has 3 heteroatoms. The van der Waals surface area contributed by atoms with Crippen LogP contribution in [0.4, 0.5) is 0 Å². The van der Waals surface area contributed by atoms with Crippen LogP contribution in [0.2, 0.25) is 0 Å². The predicted octanol–water partition coefficient (Wildman–Crippen LogP) is 4.47. The van der Waals surface area contributed by atoms with Crippen molar-refractivity contribution in [2.75, 3.05) is 26.2 Å². The first-order chi connectivity index (χ1) is 15.7. The lowest BCUT2D eigenvalue weighted by Gasteiger charge is -2.37. The Kier molecular flexibility index (Phi) is 5.59. The number of hydrogen-bond acceptors (Lipinski definition) is 2. The maximum absolute atomic E-state index is 14.1. The fourth-order valence-electron chi connectivity index (χ4n) is 5.76. The average molecular weight is 423 g/mol. The molecule has 0 bridgehead atoms. The van der Waals surface area contributed by atoms with Crippen molar-refractivity contribution in [2.45, 2.75) is 37.7 Å². The highest BCUT2D eigenvalue weighted by atomic mass is 16.3. The molecule has 0 saturated carbocycles. The molecule has 2 atom stereocenters. The maximum atomic E-state index is 14.1. The molecule has 162 valence electrons. The number of likely N-dealkylation sites (tertiary alicyclic amines) is 1. The van der Waals surface area contributed by atoms with E-state index < -0.39 is 5.60 Å². The van der Waals surface area contributed by atoms with Crippen LogP contribution in [-0.4, -0.2) is 35.6 Å². The van der Waals surface area contributed by atoms with E-state index in [2.05, 4.69) is 41.9 Å². The Morgan fingerprint density at radius 3 is 2.38 bits per heavy atom. The summed E-state index contributed by atoms with van der Waals surface area (Å²) in [5, 5.41) is 14.1. The van der Waals surface area contributed by atoms with Crippen molar-refractivity contribution in [1.29, 1.82) is 0 Å². The molecular formula is C29H30N2O. The minimum Gasteiger partial charge on any atom is -0.842 e. The van der Waals surface area contributed by atoms with Crippen LogP contribution in [0.3, 0.4) is 0 Å². The lowest BCUT2D eigenvalue weighted by Crippen LogP contribution is -2.46. The number of aromatic nitrogens is 1. The number of fused-ring (bicyclic) bond motifs is 3. The third kappa shape index (κ3) is 3.64. The molecule has 2 heterocycles. The minimum atomic E-state index is -1.28. The molecule has 5 rings (SSSR count). The zero-order valence-electron chi connectivity index (χ0n) is 18.8. The van der Waals surface area contributed by atoms with Gasteiger partial charge in [0.1, 0.15) is 6.54 Å². The van der Waals surface area contributed by atoms with Crippen LogP contribution >= 0.6 is 0 Å². The van der Waals surface area contributed by atoms with E-state index in [1.54, 1.807) is 0 Å². The molecule has 1 aliphatic heterocycles. The van der Waals surface area contributed by atoms with E-state index in [0.717, 1.165) is 59.3 Å². The smallest absolute Gasteiger partial charge is 0.140 e. The number of pyridine rings is 1. The Labute approximate surface area is 191 Å². The van der Waals surface area contributed by atoms with Crippen LogP contribution in [0.25, 0.3) is 11.1 Å². The largest absolute Gasteiger partial charge is 0.842 e. The van der Waals surface area contributed by atoms with Gasteiger partial charge in [-0.15, -0.1) is 0 Å². The van der Waals surface area contributed by atoms with E-state index in [1.165, 1.54) is 12.0 Å². The van der Waals surface area contributed by atoms with Crippen molar-refractivity contribution in [3.8, 4) is 23.0 Å². The lowest BCUT2D eigenvalue weighted by atomic mass is 9.88. The van der Waals surface area contributed by atoms with E-state index >= 15 is 0 Å². The molecule has 0 N–H and O–H groups in total. The van der Waals surface area contributed by atoms with E-state index in [4.69, 9.17) is 0 Å². The molecule has 1 aliphatic carbocycles. The number of nitrogens with zero attached hydrogens (tertiary/aromatic N) is 2.